The summed E-state index contributed by atoms with van der Waals surface area (Å²) in [7, 11) is 0. The average Bonchev–Trinajstić information content (AvgIpc) is 2.48. The molecule has 0 saturated carbocycles. The molecule has 0 spiro atoms. The van der Waals surface area contributed by atoms with Gasteiger partial charge in [-0.2, -0.15) is 0 Å². The van der Waals surface area contributed by atoms with E-state index >= 15 is 0 Å². The standard InChI is InChI=1S/C15H19Cl2N3O2/c1-3-5-18-8-11-19-13-12(15(22)20(11)6-4-2)9(16)7-10(17)14(13)21/h7,18,21H,3-6,8H2,1-2H3. The topological polar surface area (TPSA) is 67.2 Å². The highest BCUT2D eigenvalue weighted by molar-refractivity contribution is 6.39. The first-order chi connectivity index (χ1) is 10.5. The number of aromatic hydroxyl groups is 1. The highest BCUT2D eigenvalue weighted by Gasteiger charge is 2.18. The van der Waals surface area contributed by atoms with Crippen LogP contribution in [0.3, 0.4) is 0 Å². The van der Waals surface area contributed by atoms with E-state index in [0.29, 0.717) is 18.9 Å². The normalized spacial score (nSPS) is 11.3. The van der Waals surface area contributed by atoms with Crippen LogP contribution in [-0.2, 0) is 13.1 Å². The number of aromatic nitrogens is 2. The van der Waals surface area contributed by atoms with E-state index in [1.807, 2.05) is 6.92 Å². The van der Waals surface area contributed by atoms with Crippen LogP contribution in [0, 0.1) is 0 Å². The van der Waals surface area contributed by atoms with Gasteiger partial charge in [0.05, 0.1) is 22.0 Å². The minimum atomic E-state index is -0.253. The van der Waals surface area contributed by atoms with Crippen LogP contribution >= 0.6 is 23.2 Å². The molecule has 22 heavy (non-hydrogen) atoms. The van der Waals surface area contributed by atoms with Gasteiger partial charge in [-0.1, -0.05) is 37.0 Å². The van der Waals surface area contributed by atoms with E-state index in [9.17, 15) is 9.90 Å². The third kappa shape index (κ3) is 3.21. The fraction of sp³-hybridized carbons (Fsp3) is 0.467. The zero-order valence-corrected chi connectivity index (χ0v) is 14.1. The first kappa shape index (κ1) is 17.1. The van der Waals surface area contributed by atoms with Gasteiger partial charge in [0, 0.05) is 6.54 Å². The number of benzene rings is 1. The SMILES string of the molecule is CCCNCc1nc2c(O)c(Cl)cc(Cl)c2c(=O)n1CCC. The van der Waals surface area contributed by atoms with E-state index in [2.05, 4.69) is 17.2 Å². The summed E-state index contributed by atoms with van der Waals surface area (Å²) in [5.41, 5.74) is -0.0970. The summed E-state index contributed by atoms with van der Waals surface area (Å²) in [5, 5.41) is 13.8. The first-order valence-electron chi connectivity index (χ1n) is 7.32. The Hall–Kier alpha value is -1.30. The van der Waals surface area contributed by atoms with Gasteiger partial charge >= 0.3 is 0 Å². The maximum atomic E-state index is 12.7. The lowest BCUT2D eigenvalue weighted by atomic mass is 10.2. The highest BCUT2D eigenvalue weighted by Crippen LogP contribution is 2.34. The molecule has 120 valence electrons. The lowest BCUT2D eigenvalue weighted by molar-refractivity contribution is 0.479. The predicted octanol–water partition coefficient (Wildman–Crippen LogP) is 3.32. The number of rotatable bonds is 6. The smallest absolute Gasteiger partial charge is 0.263 e. The molecule has 0 saturated heterocycles. The van der Waals surface area contributed by atoms with Crippen molar-refractivity contribution in [1.82, 2.24) is 14.9 Å². The third-order valence-electron chi connectivity index (χ3n) is 3.35. The van der Waals surface area contributed by atoms with Crippen molar-refractivity contribution in [2.45, 2.75) is 39.8 Å². The van der Waals surface area contributed by atoms with Crippen molar-refractivity contribution in [2.75, 3.05) is 6.54 Å². The molecule has 0 aliphatic carbocycles. The van der Waals surface area contributed by atoms with Crippen LogP contribution < -0.4 is 10.9 Å². The van der Waals surface area contributed by atoms with Crippen molar-refractivity contribution < 1.29 is 5.11 Å². The molecule has 0 aliphatic rings. The lowest BCUT2D eigenvalue weighted by Gasteiger charge is -2.14. The fourth-order valence-corrected chi connectivity index (χ4v) is 2.85. The fourth-order valence-electron chi connectivity index (χ4n) is 2.32. The van der Waals surface area contributed by atoms with Gasteiger partial charge in [-0.3, -0.25) is 9.36 Å². The monoisotopic (exact) mass is 343 g/mol. The van der Waals surface area contributed by atoms with E-state index in [4.69, 9.17) is 23.2 Å². The average molecular weight is 344 g/mol. The quantitative estimate of drug-likeness (QED) is 0.789. The van der Waals surface area contributed by atoms with Crippen molar-refractivity contribution in [3.8, 4) is 5.75 Å². The van der Waals surface area contributed by atoms with Gasteiger partial charge in [-0.05, 0) is 25.5 Å². The first-order valence-corrected chi connectivity index (χ1v) is 8.07. The summed E-state index contributed by atoms with van der Waals surface area (Å²) in [4.78, 5) is 17.1. The molecule has 1 aromatic carbocycles. The van der Waals surface area contributed by atoms with E-state index in [1.54, 1.807) is 4.57 Å². The molecular formula is C15H19Cl2N3O2. The van der Waals surface area contributed by atoms with E-state index in [1.165, 1.54) is 6.07 Å². The summed E-state index contributed by atoms with van der Waals surface area (Å²) in [6, 6.07) is 1.37. The molecule has 2 N–H and O–H groups in total. The maximum Gasteiger partial charge on any atom is 0.263 e. The molecule has 5 nitrogen and oxygen atoms in total. The van der Waals surface area contributed by atoms with Gasteiger partial charge < -0.3 is 10.4 Å². The predicted molar refractivity (Wildman–Crippen MR) is 90.0 cm³/mol. The van der Waals surface area contributed by atoms with Gasteiger partial charge in [0.15, 0.2) is 5.75 Å². The Labute approximate surface area is 138 Å². The maximum absolute atomic E-state index is 12.7. The van der Waals surface area contributed by atoms with Crippen molar-refractivity contribution in [3.05, 3.63) is 32.3 Å². The number of nitrogens with zero attached hydrogens (tertiary/aromatic N) is 2. The number of hydrogen-bond acceptors (Lipinski definition) is 4. The van der Waals surface area contributed by atoms with Gasteiger partial charge in [0.1, 0.15) is 11.3 Å². The zero-order valence-electron chi connectivity index (χ0n) is 12.6. The second kappa shape index (κ2) is 7.31. The molecule has 1 aromatic heterocycles. The van der Waals surface area contributed by atoms with Crippen molar-refractivity contribution in [2.24, 2.45) is 0 Å². The summed E-state index contributed by atoms with van der Waals surface area (Å²) in [6.45, 7) is 5.86. The summed E-state index contributed by atoms with van der Waals surface area (Å²) in [5.74, 6) is 0.361. The van der Waals surface area contributed by atoms with Crippen LogP contribution in [0.2, 0.25) is 10.0 Å². The van der Waals surface area contributed by atoms with Gasteiger partial charge in [-0.25, -0.2) is 4.98 Å². The molecule has 2 rings (SSSR count). The summed E-state index contributed by atoms with van der Waals surface area (Å²) >= 11 is 12.1. The van der Waals surface area contributed by atoms with E-state index in [0.717, 1.165) is 19.4 Å². The molecule has 0 fully saturated rings. The van der Waals surface area contributed by atoms with Crippen molar-refractivity contribution in [1.29, 1.82) is 0 Å². The second-order valence-corrected chi connectivity index (χ2v) is 5.89. The van der Waals surface area contributed by atoms with Crippen LogP contribution in [0.25, 0.3) is 10.9 Å². The zero-order chi connectivity index (χ0) is 16.3. The van der Waals surface area contributed by atoms with Gasteiger partial charge in [-0.15, -0.1) is 0 Å². The molecule has 0 aliphatic heterocycles. The molecule has 0 unspecified atom stereocenters. The Bertz CT molecular complexity index is 744. The molecule has 2 aromatic rings. The second-order valence-electron chi connectivity index (χ2n) is 5.07. The number of halogens is 2. The Balaban J connectivity index is 2.69. The highest BCUT2D eigenvalue weighted by atomic mass is 35.5. The lowest BCUT2D eigenvalue weighted by Crippen LogP contribution is -2.29. The molecule has 0 amide bonds. The van der Waals surface area contributed by atoms with E-state index < -0.39 is 0 Å². The molecule has 1 heterocycles. The number of fused-ring (bicyclic) bond motifs is 1. The summed E-state index contributed by atoms with van der Waals surface area (Å²) < 4.78 is 1.60. The Morgan fingerprint density at radius 3 is 2.64 bits per heavy atom. The Morgan fingerprint density at radius 1 is 1.27 bits per heavy atom. The van der Waals surface area contributed by atoms with Gasteiger partial charge in [0.2, 0.25) is 0 Å². The molecule has 0 bridgehead atoms. The number of phenols is 1. The van der Waals surface area contributed by atoms with Crippen LogP contribution in [-0.4, -0.2) is 21.2 Å². The minimum Gasteiger partial charge on any atom is -0.504 e. The number of nitrogens with one attached hydrogen (secondary N) is 1. The largest absolute Gasteiger partial charge is 0.504 e. The number of phenolic OH excluding ortho intramolecular Hbond substituents is 1. The van der Waals surface area contributed by atoms with Gasteiger partial charge in [0.25, 0.3) is 5.56 Å². The Morgan fingerprint density at radius 2 is 2.00 bits per heavy atom. The Kier molecular flexibility index (Phi) is 5.67. The molecule has 0 radical (unpaired) electrons. The van der Waals surface area contributed by atoms with Crippen LogP contribution in [0.15, 0.2) is 10.9 Å². The molecule has 0 atom stereocenters. The molecule has 7 heteroatoms. The van der Waals surface area contributed by atoms with Crippen LogP contribution in [0.5, 0.6) is 5.75 Å². The third-order valence-corrected chi connectivity index (χ3v) is 3.93. The van der Waals surface area contributed by atoms with E-state index in [-0.39, 0.29) is 32.3 Å². The minimum absolute atomic E-state index is 0.0881. The van der Waals surface area contributed by atoms with Crippen LogP contribution in [0.4, 0.5) is 0 Å². The number of hydrogen-bond donors (Lipinski definition) is 2. The van der Waals surface area contributed by atoms with Crippen LogP contribution in [0.1, 0.15) is 32.5 Å². The van der Waals surface area contributed by atoms with Crippen molar-refractivity contribution in [3.63, 3.8) is 0 Å². The summed E-state index contributed by atoms with van der Waals surface area (Å²) in [6.07, 6.45) is 1.78. The van der Waals surface area contributed by atoms with Crippen molar-refractivity contribution >= 4 is 34.1 Å². The molecular weight excluding hydrogens is 325 g/mol.